The summed E-state index contributed by atoms with van der Waals surface area (Å²) in [6.07, 6.45) is 6.71. The summed E-state index contributed by atoms with van der Waals surface area (Å²) in [5.74, 6) is -0.859. The third kappa shape index (κ3) is 4.96. The quantitative estimate of drug-likeness (QED) is 0.264. The lowest BCUT2D eigenvalue weighted by Gasteiger charge is -2.32. The number of nitrogen functional groups attached to an aromatic ring is 1. The molecule has 1 aliphatic carbocycles. The van der Waals surface area contributed by atoms with Crippen molar-refractivity contribution in [2.75, 3.05) is 18.8 Å². The van der Waals surface area contributed by atoms with Gasteiger partial charge in [-0.1, -0.05) is 6.08 Å². The van der Waals surface area contributed by atoms with Crippen LogP contribution in [0.1, 0.15) is 31.7 Å². The largest absolute Gasteiger partial charge is 0.454 e. The zero-order valence-corrected chi connectivity index (χ0v) is 21.4. The molecule has 1 atom stereocenters. The highest BCUT2D eigenvalue weighted by Gasteiger charge is 2.31. The van der Waals surface area contributed by atoms with Gasteiger partial charge in [0.25, 0.3) is 5.91 Å². The molecule has 2 aromatic carbocycles. The Hall–Kier alpha value is -4.85. The first kappa shape index (κ1) is 25.4. The van der Waals surface area contributed by atoms with Crippen LogP contribution >= 0.6 is 0 Å². The van der Waals surface area contributed by atoms with Gasteiger partial charge in [0, 0.05) is 24.7 Å². The van der Waals surface area contributed by atoms with Crippen LogP contribution in [0, 0.1) is 28.9 Å². The van der Waals surface area contributed by atoms with Crippen molar-refractivity contribution in [2.45, 2.75) is 31.7 Å². The number of benzene rings is 2. The molecular formula is C29H25F2N7O2. The van der Waals surface area contributed by atoms with Crippen LogP contribution in [-0.4, -0.2) is 43.6 Å². The molecule has 3 heterocycles. The number of anilines is 1. The number of piperidine rings is 1. The Labute approximate surface area is 228 Å². The lowest BCUT2D eigenvalue weighted by Crippen LogP contribution is -2.41. The zero-order chi connectivity index (χ0) is 27.8. The van der Waals surface area contributed by atoms with Gasteiger partial charge in [0.15, 0.2) is 17.2 Å². The van der Waals surface area contributed by atoms with Crippen molar-refractivity contribution in [1.82, 2.24) is 24.6 Å². The summed E-state index contributed by atoms with van der Waals surface area (Å²) in [6, 6.07) is 11.6. The molecule has 11 heteroatoms. The second kappa shape index (κ2) is 10.4. The van der Waals surface area contributed by atoms with Crippen LogP contribution in [0.5, 0.6) is 11.5 Å². The van der Waals surface area contributed by atoms with Crippen LogP contribution in [0.15, 0.2) is 60.4 Å². The average molecular weight is 542 g/mol. The molecule has 202 valence electrons. The van der Waals surface area contributed by atoms with E-state index < -0.39 is 11.6 Å². The number of carbonyl (C=O) groups is 1. The Morgan fingerprint density at radius 3 is 2.67 bits per heavy atom. The fraction of sp³-hybridized carbons (Fsp3) is 0.276. The molecule has 9 nitrogen and oxygen atoms in total. The Balaban J connectivity index is 1.30. The fourth-order valence-corrected chi connectivity index (χ4v) is 4.98. The van der Waals surface area contributed by atoms with Crippen molar-refractivity contribution in [3.8, 4) is 28.8 Å². The number of nitriles is 1. The number of aromatic nitrogens is 4. The summed E-state index contributed by atoms with van der Waals surface area (Å²) in [6.45, 7) is 0.949. The molecule has 1 amide bonds. The van der Waals surface area contributed by atoms with Crippen LogP contribution < -0.4 is 10.5 Å². The maximum Gasteiger partial charge on any atom is 0.264 e. The number of rotatable bonds is 6. The summed E-state index contributed by atoms with van der Waals surface area (Å²) >= 11 is 0. The molecular weight excluding hydrogens is 516 g/mol. The normalized spacial score (nSPS) is 17.6. The molecule has 2 aliphatic rings. The number of likely N-dealkylation sites (tertiary alicyclic amines) is 1. The Morgan fingerprint density at radius 2 is 1.93 bits per heavy atom. The molecule has 1 saturated carbocycles. The Bertz CT molecular complexity index is 1670. The molecule has 0 spiro atoms. The van der Waals surface area contributed by atoms with Crippen LogP contribution in [0.2, 0.25) is 0 Å². The van der Waals surface area contributed by atoms with E-state index in [4.69, 9.17) is 15.6 Å². The van der Waals surface area contributed by atoms with Gasteiger partial charge in [-0.3, -0.25) is 4.79 Å². The van der Waals surface area contributed by atoms with Crippen LogP contribution in [0.4, 0.5) is 14.6 Å². The zero-order valence-electron chi connectivity index (χ0n) is 21.4. The van der Waals surface area contributed by atoms with Crippen molar-refractivity contribution in [1.29, 1.82) is 5.26 Å². The molecule has 2 fully saturated rings. The summed E-state index contributed by atoms with van der Waals surface area (Å²) < 4.78 is 34.9. The van der Waals surface area contributed by atoms with E-state index >= 15 is 0 Å². The maximum absolute atomic E-state index is 14.0. The Morgan fingerprint density at radius 1 is 1.12 bits per heavy atom. The number of allylic oxidation sites excluding steroid dienone is 1. The number of fused-ring (bicyclic) bond motifs is 1. The topological polar surface area (TPSA) is 123 Å². The summed E-state index contributed by atoms with van der Waals surface area (Å²) in [5, 5.41) is 15.0. The summed E-state index contributed by atoms with van der Waals surface area (Å²) in [5.41, 5.74) is 8.25. The predicted octanol–water partition coefficient (Wildman–Crippen LogP) is 5.17. The van der Waals surface area contributed by atoms with Crippen molar-refractivity contribution in [2.24, 2.45) is 5.92 Å². The van der Waals surface area contributed by atoms with Gasteiger partial charge in [0.1, 0.15) is 41.0 Å². The maximum atomic E-state index is 14.0. The fourth-order valence-electron chi connectivity index (χ4n) is 4.98. The third-order valence-corrected chi connectivity index (χ3v) is 7.17. The van der Waals surface area contributed by atoms with Crippen LogP contribution in [0.25, 0.3) is 22.3 Å². The first-order chi connectivity index (χ1) is 19.4. The van der Waals surface area contributed by atoms with Crippen molar-refractivity contribution in [3.05, 3.63) is 72.1 Å². The summed E-state index contributed by atoms with van der Waals surface area (Å²) in [7, 11) is 0. The number of hydrogen-bond donors (Lipinski definition) is 1. The van der Waals surface area contributed by atoms with Crippen LogP contribution in [0.3, 0.4) is 0 Å². The third-order valence-electron chi connectivity index (χ3n) is 7.17. The number of amides is 1. The van der Waals surface area contributed by atoms with Crippen molar-refractivity contribution >= 4 is 22.8 Å². The van der Waals surface area contributed by atoms with E-state index in [1.165, 1.54) is 6.33 Å². The van der Waals surface area contributed by atoms with E-state index in [9.17, 15) is 18.8 Å². The highest BCUT2D eigenvalue weighted by molar-refractivity contribution is 5.99. The predicted molar refractivity (Wildman–Crippen MR) is 143 cm³/mol. The molecule has 0 unspecified atom stereocenters. The molecule has 6 rings (SSSR count). The van der Waals surface area contributed by atoms with E-state index in [0.717, 1.165) is 43.9 Å². The minimum atomic E-state index is -0.676. The Kier molecular flexibility index (Phi) is 6.59. The van der Waals surface area contributed by atoms with Gasteiger partial charge in [-0.25, -0.2) is 23.4 Å². The van der Waals surface area contributed by atoms with Crippen molar-refractivity contribution < 1.29 is 18.3 Å². The standard InChI is InChI=1S/C29H25F2N7O2/c30-20-7-10-23(31)24(13-20)40-22-8-5-18(6-9-22)26-25-27(33)34-16-35-28(25)38(36-26)21-2-1-11-37(15-21)29(39)19(14-32)12-17-3-4-17/h5-10,12-13,16-17,21H,1-4,11,15H2,(H2,33,34,35)/t21-/m1/s1. The van der Waals surface area contributed by atoms with Gasteiger partial charge in [0.05, 0.1) is 11.4 Å². The minimum Gasteiger partial charge on any atom is -0.454 e. The highest BCUT2D eigenvalue weighted by atomic mass is 19.1. The second-order valence-corrected chi connectivity index (χ2v) is 10.0. The molecule has 40 heavy (non-hydrogen) atoms. The summed E-state index contributed by atoms with van der Waals surface area (Å²) in [4.78, 5) is 23.5. The van der Waals surface area contributed by atoms with E-state index in [0.29, 0.717) is 47.0 Å². The number of nitrogens with two attached hydrogens (primary N) is 1. The smallest absolute Gasteiger partial charge is 0.264 e. The molecule has 4 aromatic rings. The van der Waals surface area contributed by atoms with E-state index in [1.807, 2.05) is 0 Å². The van der Waals surface area contributed by atoms with Gasteiger partial charge in [-0.15, -0.1) is 0 Å². The lowest BCUT2D eigenvalue weighted by atomic mass is 10.0. The van der Waals surface area contributed by atoms with Gasteiger partial charge < -0.3 is 15.4 Å². The number of hydrogen-bond acceptors (Lipinski definition) is 7. The molecule has 1 saturated heterocycles. The van der Waals surface area contributed by atoms with E-state index in [2.05, 4.69) is 16.0 Å². The molecule has 0 radical (unpaired) electrons. The first-order valence-electron chi connectivity index (χ1n) is 13.0. The minimum absolute atomic E-state index is 0.178. The second-order valence-electron chi connectivity index (χ2n) is 10.0. The molecule has 0 bridgehead atoms. The SMILES string of the molecule is N#CC(=CC1CC1)C(=O)N1CCC[C@@H](n2nc(-c3ccc(Oc4cc(F)ccc4F)cc3)c3c(N)ncnc32)C1. The number of nitrogens with zero attached hydrogens (tertiary/aromatic N) is 6. The number of ether oxygens (including phenoxy) is 1. The number of carbonyl (C=O) groups excluding carboxylic acids is 1. The number of halogens is 2. The van der Waals surface area contributed by atoms with Gasteiger partial charge in [-0.05, 0) is 68.0 Å². The average Bonchev–Trinajstić information content (AvgIpc) is 3.71. The molecule has 1 aliphatic heterocycles. The van der Waals surface area contributed by atoms with Crippen molar-refractivity contribution in [3.63, 3.8) is 0 Å². The van der Waals surface area contributed by atoms with Gasteiger partial charge in [-0.2, -0.15) is 10.4 Å². The highest BCUT2D eigenvalue weighted by Crippen LogP contribution is 2.36. The first-order valence-corrected chi connectivity index (χ1v) is 13.0. The van der Waals surface area contributed by atoms with E-state index in [-0.39, 0.29) is 29.1 Å². The van der Waals surface area contributed by atoms with Gasteiger partial charge in [0.2, 0.25) is 0 Å². The lowest BCUT2D eigenvalue weighted by molar-refractivity contribution is -0.128. The van der Waals surface area contributed by atoms with Crippen LogP contribution in [-0.2, 0) is 4.79 Å². The molecule has 2 N–H and O–H groups in total. The molecule has 2 aromatic heterocycles. The van der Waals surface area contributed by atoms with Gasteiger partial charge >= 0.3 is 0 Å². The van der Waals surface area contributed by atoms with E-state index in [1.54, 1.807) is 39.9 Å². The monoisotopic (exact) mass is 541 g/mol.